The SMILES string of the molecule is Clc1nsc(-c2cncnc2)n1. The second kappa shape index (κ2) is 3.12. The van der Waals surface area contributed by atoms with Crippen molar-refractivity contribution in [2.75, 3.05) is 0 Å². The molecular formula is C6H3ClN4S. The minimum Gasteiger partial charge on any atom is -0.244 e. The lowest BCUT2D eigenvalue weighted by Crippen LogP contribution is -1.79. The molecule has 0 N–H and O–H groups in total. The quantitative estimate of drug-likeness (QED) is 0.699. The maximum absolute atomic E-state index is 5.56. The van der Waals surface area contributed by atoms with E-state index in [1.807, 2.05) is 0 Å². The maximum atomic E-state index is 5.56. The van der Waals surface area contributed by atoms with Crippen molar-refractivity contribution in [2.24, 2.45) is 0 Å². The van der Waals surface area contributed by atoms with Gasteiger partial charge in [-0.15, -0.1) is 0 Å². The average Bonchev–Trinajstić information content (AvgIpc) is 2.54. The van der Waals surface area contributed by atoms with Gasteiger partial charge in [0.2, 0.25) is 5.28 Å². The Bertz CT molecular complexity index is 374. The van der Waals surface area contributed by atoms with Gasteiger partial charge in [-0.3, -0.25) is 0 Å². The van der Waals surface area contributed by atoms with Crippen LogP contribution in [0, 0.1) is 0 Å². The van der Waals surface area contributed by atoms with Crippen molar-refractivity contribution >= 4 is 23.1 Å². The van der Waals surface area contributed by atoms with Crippen LogP contribution in [0.5, 0.6) is 0 Å². The molecule has 0 spiro atoms. The van der Waals surface area contributed by atoms with Crippen molar-refractivity contribution in [1.82, 2.24) is 19.3 Å². The van der Waals surface area contributed by atoms with Gasteiger partial charge in [-0.05, 0) is 23.1 Å². The lowest BCUT2D eigenvalue weighted by molar-refractivity contribution is 1.16. The summed E-state index contributed by atoms with van der Waals surface area (Å²) in [6.07, 6.45) is 4.81. The van der Waals surface area contributed by atoms with Crippen molar-refractivity contribution in [2.45, 2.75) is 0 Å². The molecule has 0 aliphatic rings. The Labute approximate surface area is 77.5 Å². The largest absolute Gasteiger partial charge is 0.244 e. The van der Waals surface area contributed by atoms with Crippen molar-refractivity contribution in [3.63, 3.8) is 0 Å². The molecule has 2 aromatic heterocycles. The van der Waals surface area contributed by atoms with E-state index in [1.165, 1.54) is 17.9 Å². The summed E-state index contributed by atoms with van der Waals surface area (Å²) in [5.74, 6) is 0. The lowest BCUT2D eigenvalue weighted by atomic mass is 10.4. The number of rotatable bonds is 1. The minimum absolute atomic E-state index is 0.263. The normalized spacial score (nSPS) is 10.1. The van der Waals surface area contributed by atoms with Crippen LogP contribution in [0.3, 0.4) is 0 Å². The molecule has 0 radical (unpaired) electrons. The van der Waals surface area contributed by atoms with Crippen LogP contribution in [-0.2, 0) is 0 Å². The molecule has 2 rings (SSSR count). The Kier molecular flexibility index (Phi) is 1.97. The van der Waals surface area contributed by atoms with Gasteiger partial charge in [0.15, 0.2) is 0 Å². The first-order valence-electron chi connectivity index (χ1n) is 3.11. The number of hydrogen-bond acceptors (Lipinski definition) is 5. The summed E-state index contributed by atoms with van der Waals surface area (Å²) in [6.45, 7) is 0. The van der Waals surface area contributed by atoms with E-state index < -0.39 is 0 Å². The summed E-state index contributed by atoms with van der Waals surface area (Å²) in [6, 6.07) is 0. The first-order valence-corrected chi connectivity index (χ1v) is 4.26. The fourth-order valence-corrected chi connectivity index (χ4v) is 1.51. The van der Waals surface area contributed by atoms with E-state index in [0.717, 1.165) is 10.6 Å². The minimum atomic E-state index is 0.263. The Hall–Kier alpha value is -1.07. The molecule has 0 saturated heterocycles. The third-order valence-electron chi connectivity index (χ3n) is 1.21. The Balaban J connectivity index is 2.45. The van der Waals surface area contributed by atoms with Crippen molar-refractivity contribution in [3.8, 4) is 10.6 Å². The van der Waals surface area contributed by atoms with E-state index in [4.69, 9.17) is 11.6 Å². The molecule has 0 saturated carbocycles. The molecule has 0 aliphatic carbocycles. The molecule has 0 fully saturated rings. The van der Waals surface area contributed by atoms with E-state index in [1.54, 1.807) is 12.4 Å². The molecule has 60 valence electrons. The zero-order chi connectivity index (χ0) is 8.39. The fourth-order valence-electron chi connectivity index (χ4n) is 0.732. The van der Waals surface area contributed by atoms with E-state index in [2.05, 4.69) is 19.3 Å². The van der Waals surface area contributed by atoms with Crippen molar-refractivity contribution in [1.29, 1.82) is 0 Å². The van der Waals surface area contributed by atoms with E-state index in [9.17, 15) is 0 Å². The van der Waals surface area contributed by atoms with E-state index in [-0.39, 0.29) is 5.28 Å². The topological polar surface area (TPSA) is 51.6 Å². The van der Waals surface area contributed by atoms with Gasteiger partial charge in [0.25, 0.3) is 0 Å². The van der Waals surface area contributed by atoms with Gasteiger partial charge in [-0.25, -0.2) is 15.0 Å². The number of hydrogen-bond donors (Lipinski definition) is 0. The number of aromatic nitrogens is 4. The molecule has 2 heterocycles. The first-order chi connectivity index (χ1) is 5.86. The Morgan fingerprint density at radius 3 is 2.58 bits per heavy atom. The summed E-state index contributed by atoms with van der Waals surface area (Å²) in [7, 11) is 0. The molecule has 0 aromatic carbocycles. The van der Waals surface area contributed by atoms with E-state index >= 15 is 0 Å². The smallest absolute Gasteiger partial charge is 0.234 e. The van der Waals surface area contributed by atoms with Crippen molar-refractivity contribution in [3.05, 3.63) is 24.0 Å². The molecule has 0 aliphatic heterocycles. The van der Waals surface area contributed by atoms with Crippen molar-refractivity contribution < 1.29 is 0 Å². The second-order valence-corrected chi connectivity index (χ2v) is 3.09. The van der Waals surface area contributed by atoms with Crippen LogP contribution in [0.25, 0.3) is 10.6 Å². The molecule has 6 heteroatoms. The fraction of sp³-hybridized carbons (Fsp3) is 0. The van der Waals surface area contributed by atoms with Crippen LogP contribution in [-0.4, -0.2) is 19.3 Å². The summed E-state index contributed by atoms with van der Waals surface area (Å²) in [5.41, 5.74) is 0.835. The predicted octanol–water partition coefficient (Wildman–Crippen LogP) is 1.65. The van der Waals surface area contributed by atoms with Gasteiger partial charge < -0.3 is 0 Å². The standard InChI is InChI=1S/C6H3ClN4S/c7-6-10-5(12-11-6)4-1-8-3-9-2-4/h1-3H. The lowest BCUT2D eigenvalue weighted by Gasteiger charge is -1.89. The third-order valence-corrected chi connectivity index (χ3v) is 2.24. The second-order valence-electron chi connectivity index (χ2n) is 2.00. The highest BCUT2D eigenvalue weighted by atomic mass is 35.5. The Morgan fingerprint density at radius 2 is 2.00 bits per heavy atom. The highest BCUT2D eigenvalue weighted by Gasteiger charge is 2.03. The number of nitrogens with zero attached hydrogens (tertiary/aromatic N) is 4. The number of halogens is 1. The summed E-state index contributed by atoms with van der Waals surface area (Å²) < 4.78 is 3.83. The van der Waals surface area contributed by atoms with Crippen LogP contribution in [0.2, 0.25) is 5.28 Å². The van der Waals surface area contributed by atoms with Gasteiger partial charge in [0, 0.05) is 18.0 Å². The molecule has 12 heavy (non-hydrogen) atoms. The summed E-state index contributed by atoms with van der Waals surface area (Å²) >= 11 is 6.79. The van der Waals surface area contributed by atoms with Crippen LogP contribution in [0.1, 0.15) is 0 Å². The molecule has 4 nitrogen and oxygen atoms in total. The molecule has 0 bridgehead atoms. The van der Waals surface area contributed by atoms with Gasteiger partial charge in [0.05, 0.1) is 0 Å². The highest BCUT2D eigenvalue weighted by Crippen LogP contribution is 2.20. The molecule has 0 unspecified atom stereocenters. The average molecular weight is 199 g/mol. The molecule has 0 amide bonds. The predicted molar refractivity (Wildman–Crippen MR) is 45.9 cm³/mol. The van der Waals surface area contributed by atoms with Crippen LogP contribution in [0.4, 0.5) is 0 Å². The highest BCUT2D eigenvalue weighted by molar-refractivity contribution is 7.09. The van der Waals surface area contributed by atoms with Crippen LogP contribution in [0.15, 0.2) is 18.7 Å². The zero-order valence-corrected chi connectivity index (χ0v) is 7.38. The zero-order valence-electron chi connectivity index (χ0n) is 5.81. The first kappa shape index (κ1) is 7.57. The maximum Gasteiger partial charge on any atom is 0.234 e. The van der Waals surface area contributed by atoms with Gasteiger partial charge in [0.1, 0.15) is 11.3 Å². The third kappa shape index (κ3) is 1.41. The van der Waals surface area contributed by atoms with Gasteiger partial charge in [-0.1, -0.05) is 0 Å². The monoisotopic (exact) mass is 198 g/mol. The van der Waals surface area contributed by atoms with E-state index in [0.29, 0.717) is 0 Å². The molecular weight excluding hydrogens is 196 g/mol. The molecule has 0 atom stereocenters. The summed E-state index contributed by atoms with van der Waals surface area (Å²) in [4.78, 5) is 11.7. The summed E-state index contributed by atoms with van der Waals surface area (Å²) in [5, 5.41) is 0.999. The molecule has 2 aromatic rings. The Morgan fingerprint density at radius 1 is 1.25 bits per heavy atom. The van der Waals surface area contributed by atoms with Gasteiger partial charge >= 0.3 is 0 Å². The van der Waals surface area contributed by atoms with Crippen LogP contribution < -0.4 is 0 Å². The van der Waals surface area contributed by atoms with Gasteiger partial charge in [-0.2, -0.15) is 4.37 Å². The van der Waals surface area contributed by atoms with Crippen LogP contribution >= 0.6 is 23.1 Å².